The summed E-state index contributed by atoms with van der Waals surface area (Å²) >= 11 is 0. The predicted molar refractivity (Wildman–Crippen MR) is 108 cm³/mol. The quantitative estimate of drug-likeness (QED) is 0.618. The van der Waals surface area contributed by atoms with Crippen LogP contribution in [-0.2, 0) is 24.3 Å². The Kier molecular flexibility index (Phi) is 7.79. The zero-order valence-electron chi connectivity index (χ0n) is 17.7. The summed E-state index contributed by atoms with van der Waals surface area (Å²) in [5.74, 6) is -1.01. The van der Waals surface area contributed by atoms with Crippen LogP contribution in [0, 0.1) is 6.92 Å². The second kappa shape index (κ2) is 9.69. The zero-order valence-corrected chi connectivity index (χ0v) is 18.5. The van der Waals surface area contributed by atoms with Crippen LogP contribution >= 0.6 is 0 Å². The third kappa shape index (κ3) is 5.55. The van der Waals surface area contributed by atoms with E-state index in [1.807, 2.05) is 27.7 Å². The van der Waals surface area contributed by atoms with Gasteiger partial charge in [-0.1, -0.05) is 6.07 Å². The summed E-state index contributed by atoms with van der Waals surface area (Å²) < 4.78 is 37.4. The van der Waals surface area contributed by atoms with Gasteiger partial charge in [-0.15, -0.1) is 0 Å². The van der Waals surface area contributed by atoms with Gasteiger partial charge in [0.25, 0.3) is 5.91 Å². The van der Waals surface area contributed by atoms with Crippen LogP contribution in [0.5, 0.6) is 0 Å². The van der Waals surface area contributed by atoms with Crippen LogP contribution in [0.25, 0.3) is 0 Å². The molecule has 0 bridgehead atoms. The number of benzene rings is 1. The maximum Gasteiger partial charge on any atom is 0.338 e. The number of sulfonamides is 1. The lowest BCUT2D eigenvalue weighted by Crippen LogP contribution is -2.44. The first kappa shape index (κ1) is 23.3. The van der Waals surface area contributed by atoms with Crippen molar-refractivity contribution in [3.05, 3.63) is 29.3 Å². The summed E-state index contributed by atoms with van der Waals surface area (Å²) in [7, 11) is -3.73. The van der Waals surface area contributed by atoms with Gasteiger partial charge in [-0.05, 0) is 52.3 Å². The fraction of sp³-hybridized carbons (Fsp3) is 0.600. The number of nitrogens with zero attached hydrogens (tertiary/aromatic N) is 2. The van der Waals surface area contributed by atoms with Crippen LogP contribution in [-0.4, -0.2) is 74.5 Å². The van der Waals surface area contributed by atoms with Crippen LogP contribution < -0.4 is 0 Å². The first-order chi connectivity index (χ1) is 13.6. The van der Waals surface area contributed by atoms with Gasteiger partial charge < -0.3 is 14.4 Å². The molecule has 8 nitrogen and oxygen atoms in total. The van der Waals surface area contributed by atoms with Gasteiger partial charge in [0, 0.05) is 25.2 Å². The highest BCUT2D eigenvalue weighted by Crippen LogP contribution is 2.21. The Morgan fingerprint density at radius 3 is 2.28 bits per heavy atom. The summed E-state index contributed by atoms with van der Waals surface area (Å²) in [6.07, 6.45) is 0. The van der Waals surface area contributed by atoms with E-state index in [4.69, 9.17) is 9.47 Å². The molecule has 0 unspecified atom stereocenters. The second-order valence-electron chi connectivity index (χ2n) is 7.56. The van der Waals surface area contributed by atoms with E-state index in [0.717, 1.165) is 0 Å². The first-order valence-electron chi connectivity index (χ1n) is 9.72. The van der Waals surface area contributed by atoms with Crippen LogP contribution in [0.1, 0.15) is 43.6 Å². The molecule has 1 aliphatic heterocycles. The average Bonchev–Trinajstić information content (AvgIpc) is 2.66. The van der Waals surface area contributed by atoms with E-state index in [1.54, 1.807) is 17.9 Å². The van der Waals surface area contributed by atoms with E-state index in [9.17, 15) is 18.0 Å². The number of rotatable bonds is 7. The third-order valence-corrected chi connectivity index (χ3v) is 6.66. The number of morpholine rings is 1. The minimum absolute atomic E-state index is 0.0225. The Hall–Kier alpha value is -1.97. The third-order valence-electron chi connectivity index (χ3n) is 4.76. The molecule has 0 aliphatic carbocycles. The molecule has 1 amide bonds. The number of amides is 1. The number of aryl methyl sites for hydroxylation is 1. The summed E-state index contributed by atoms with van der Waals surface area (Å²) in [5.41, 5.74) is 0.709. The average molecular weight is 427 g/mol. The van der Waals surface area contributed by atoms with E-state index in [-0.39, 0.29) is 41.5 Å². The lowest BCUT2D eigenvalue weighted by molar-refractivity contribution is -0.138. The Bertz CT molecular complexity index is 837. The van der Waals surface area contributed by atoms with Crippen molar-refractivity contribution in [2.45, 2.75) is 51.6 Å². The van der Waals surface area contributed by atoms with Gasteiger partial charge in [0.2, 0.25) is 10.0 Å². The molecule has 0 saturated carbocycles. The van der Waals surface area contributed by atoms with Gasteiger partial charge in [-0.25, -0.2) is 13.2 Å². The minimum Gasteiger partial charge on any atom is -0.452 e. The zero-order chi connectivity index (χ0) is 21.8. The largest absolute Gasteiger partial charge is 0.452 e. The standard InChI is InChI=1S/C20H30N2O6S/c1-14(2)22(15(3)4)19(23)13-28-20(24)18-12-17(7-6-16(18)5)29(25,26)21-8-10-27-11-9-21/h6-7,12,14-15H,8-11,13H2,1-5H3. The van der Waals surface area contributed by atoms with E-state index in [1.165, 1.54) is 16.4 Å². The SMILES string of the molecule is Cc1ccc(S(=O)(=O)N2CCOCC2)cc1C(=O)OCC(=O)N(C(C)C)C(C)C. The number of hydrogen-bond acceptors (Lipinski definition) is 6. The van der Waals surface area contributed by atoms with Crippen molar-refractivity contribution in [2.75, 3.05) is 32.9 Å². The molecule has 1 aliphatic rings. The molecular formula is C20H30N2O6S. The van der Waals surface area contributed by atoms with Gasteiger partial charge >= 0.3 is 5.97 Å². The lowest BCUT2D eigenvalue weighted by atomic mass is 10.1. The molecule has 0 atom stereocenters. The molecule has 9 heteroatoms. The smallest absolute Gasteiger partial charge is 0.338 e. The molecule has 29 heavy (non-hydrogen) atoms. The highest BCUT2D eigenvalue weighted by Gasteiger charge is 2.28. The molecule has 0 spiro atoms. The Balaban J connectivity index is 2.17. The van der Waals surface area contributed by atoms with E-state index >= 15 is 0 Å². The maximum atomic E-state index is 12.8. The summed E-state index contributed by atoms with van der Waals surface area (Å²) in [4.78, 5) is 26.6. The van der Waals surface area contributed by atoms with Crippen LogP contribution in [0.4, 0.5) is 0 Å². The highest BCUT2D eigenvalue weighted by molar-refractivity contribution is 7.89. The first-order valence-corrected chi connectivity index (χ1v) is 11.2. The molecule has 0 aromatic heterocycles. The van der Waals surface area contributed by atoms with Crippen LogP contribution in [0.2, 0.25) is 0 Å². The normalized spacial score (nSPS) is 15.6. The fourth-order valence-electron chi connectivity index (χ4n) is 3.37. The molecule has 162 valence electrons. The Labute approximate surface area is 172 Å². The molecular weight excluding hydrogens is 396 g/mol. The number of esters is 1. The summed E-state index contributed by atoms with van der Waals surface area (Å²) in [5, 5.41) is 0. The molecule has 0 N–H and O–H groups in total. The highest BCUT2D eigenvalue weighted by atomic mass is 32.2. The molecule has 1 heterocycles. The predicted octanol–water partition coefficient (Wildman–Crippen LogP) is 1.82. The van der Waals surface area contributed by atoms with Gasteiger partial charge in [0.05, 0.1) is 23.7 Å². The van der Waals surface area contributed by atoms with E-state index < -0.39 is 22.6 Å². The van der Waals surface area contributed by atoms with Crippen molar-refractivity contribution < 1.29 is 27.5 Å². The molecule has 1 aromatic carbocycles. The fourth-order valence-corrected chi connectivity index (χ4v) is 4.80. The number of hydrogen-bond donors (Lipinski definition) is 0. The molecule has 0 radical (unpaired) electrons. The van der Waals surface area contributed by atoms with Crippen molar-refractivity contribution in [1.82, 2.24) is 9.21 Å². The summed E-state index contributed by atoms with van der Waals surface area (Å²) in [6, 6.07) is 4.31. The van der Waals surface area contributed by atoms with Crippen molar-refractivity contribution in [1.29, 1.82) is 0 Å². The van der Waals surface area contributed by atoms with Crippen molar-refractivity contribution in [2.24, 2.45) is 0 Å². The monoisotopic (exact) mass is 426 g/mol. The van der Waals surface area contributed by atoms with Crippen molar-refractivity contribution >= 4 is 21.9 Å². The molecule has 1 saturated heterocycles. The molecule has 1 fully saturated rings. The van der Waals surface area contributed by atoms with Gasteiger partial charge in [-0.2, -0.15) is 4.31 Å². The van der Waals surface area contributed by atoms with E-state index in [0.29, 0.717) is 18.8 Å². The maximum absolute atomic E-state index is 12.8. The summed E-state index contributed by atoms with van der Waals surface area (Å²) in [6.45, 7) is 10.1. The lowest BCUT2D eigenvalue weighted by Gasteiger charge is -2.30. The van der Waals surface area contributed by atoms with E-state index in [2.05, 4.69) is 0 Å². The second-order valence-corrected chi connectivity index (χ2v) is 9.50. The number of ether oxygens (including phenoxy) is 2. The minimum atomic E-state index is -3.73. The van der Waals surface area contributed by atoms with Crippen molar-refractivity contribution in [3.63, 3.8) is 0 Å². The van der Waals surface area contributed by atoms with Crippen LogP contribution in [0.15, 0.2) is 23.1 Å². The molecule has 1 aromatic rings. The number of carbonyl (C=O) groups is 2. The Morgan fingerprint density at radius 1 is 1.14 bits per heavy atom. The topological polar surface area (TPSA) is 93.2 Å². The van der Waals surface area contributed by atoms with Crippen molar-refractivity contribution in [3.8, 4) is 0 Å². The number of carbonyl (C=O) groups excluding carboxylic acids is 2. The molecule has 2 rings (SSSR count). The van der Waals surface area contributed by atoms with Gasteiger partial charge in [-0.3, -0.25) is 4.79 Å². The van der Waals surface area contributed by atoms with Gasteiger partial charge in [0.1, 0.15) is 0 Å². The Morgan fingerprint density at radius 2 is 1.72 bits per heavy atom. The van der Waals surface area contributed by atoms with Crippen LogP contribution in [0.3, 0.4) is 0 Å². The van der Waals surface area contributed by atoms with Gasteiger partial charge in [0.15, 0.2) is 6.61 Å².